The van der Waals surface area contributed by atoms with Crippen molar-refractivity contribution in [3.8, 4) is 11.2 Å². The van der Waals surface area contributed by atoms with Crippen molar-refractivity contribution in [3.05, 3.63) is 11.5 Å². The standard InChI is InChI=1S/C7H8OS/c8-4-3-7-9-5-1-2-6-9/h1,4-5,9H,3,7H2. The van der Waals surface area contributed by atoms with Crippen LogP contribution >= 0.6 is 10.9 Å². The second-order valence-electron chi connectivity index (χ2n) is 1.72. The van der Waals surface area contributed by atoms with Gasteiger partial charge in [-0.25, -0.2) is 0 Å². The first-order chi connectivity index (χ1) is 4.43. The Labute approximate surface area is 57.5 Å². The van der Waals surface area contributed by atoms with E-state index in [0.29, 0.717) is 6.42 Å². The fourth-order valence-electron chi connectivity index (χ4n) is 0.607. The average Bonchev–Trinajstić information content (AvgIpc) is 2.34. The van der Waals surface area contributed by atoms with Gasteiger partial charge in [0.1, 0.15) is 6.29 Å². The van der Waals surface area contributed by atoms with E-state index in [4.69, 9.17) is 0 Å². The third-order valence-electron chi connectivity index (χ3n) is 1.03. The smallest absolute Gasteiger partial charge is 0.120 e. The van der Waals surface area contributed by atoms with Crippen molar-refractivity contribution in [1.29, 1.82) is 0 Å². The van der Waals surface area contributed by atoms with Crippen LogP contribution in [0.2, 0.25) is 0 Å². The van der Waals surface area contributed by atoms with Gasteiger partial charge in [0.05, 0.1) is 0 Å². The van der Waals surface area contributed by atoms with Gasteiger partial charge in [0.15, 0.2) is 0 Å². The third kappa shape index (κ3) is 1.95. The van der Waals surface area contributed by atoms with E-state index in [1.165, 1.54) is 0 Å². The first-order valence-corrected chi connectivity index (χ1v) is 4.41. The van der Waals surface area contributed by atoms with Crippen molar-refractivity contribution in [2.75, 3.05) is 5.75 Å². The maximum Gasteiger partial charge on any atom is 0.120 e. The molecule has 1 heterocycles. The highest BCUT2D eigenvalue weighted by Gasteiger charge is 1.95. The lowest BCUT2D eigenvalue weighted by molar-refractivity contribution is -0.107. The highest BCUT2D eigenvalue weighted by molar-refractivity contribution is 8.23. The van der Waals surface area contributed by atoms with Crippen molar-refractivity contribution < 1.29 is 4.79 Å². The van der Waals surface area contributed by atoms with Crippen LogP contribution in [0.25, 0.3) is 0 Å². The van der Waals surface area contributed by atoms with Crippen LogP contribution in [-0.4, -0.2) is 12.0 Å². The van der Waals surface area contributed by atoms with Crippen molar-refractivity contribution in [1.82, 2.24) is 0 Å². The van der Waals surface area contributed by atoms with E-state index in [2.05, 4.69) is 16.6 Å². The lowest BCUT2D eigenvalue weighted by Gasteiger charge is -2.01. The highest BCUT2D eigenvalue weighted by atomic mass is 32.2. The van der Waals surface area contributed by atoms with E-state index < -0.39 is 0 Å². The molecule has 0 spiro atoms. The van der Waals surface area contributed by atoms with Crippen LogP contribution in [0.3, 0.4) is 0 Å². The van der Waals surface area contributed by atoms with Crippen LogP contribution in [0.4, 0.5) is 0 Å². The minimum absolute atomic E-state index is 0.224. The van der Waals surface area contributed by atoms with Gasteiger partial charge in [0.25, 0.3) is 0 Å². The summed E-state index contributed by atoms with van der Waals surface area (Å²) in [5, 5.41) is 5.10. The number of allylic oxidation sites excluding steroid dienone is 1. The van der Waals surface area contributed by atoms with Gasteiger partial charge in [-0.2, -0.15) is 10.9 Å². The first kappa shape index (κ1) is 6.44. The Morgan fingerprint density at radius 2 is 2.56 bits per heavy atom. The molecule has 1 nitrogen and oxygen atoms in total. The zero-order chi connectivity index (χ0) is 6.53. The Morgan fingerprint density at radius 1 is 1.67 bits per heavy atom. The molecule has 0 aromatic rings. The molecule has 0 N–H and O–H groups in total. The van der Waals surface area contributed by atoms with E-state index in [0.717, 1.165) is 12.0 Å². The van der Waals surface area contributed by atoms with Crippen molar-refractivity contribution in [2.45, 2.75) is 6.42 Å². The predicted molar refractivity (Wildman–Crippen MR) is 41.5 cm³/mol. The van der Waals surface area contributed by atoms with Crippen LogP contribution in [0.15, 0.2) is 11.5 Å². The lowest BCUT2D eigenvalue weighted by Crippen LogP contribution is -1.82. The normalized spacial score (nSPS) is 25.1. The van der Waals surface area contributed by atoms with E-state index in [-0.39, 0.29) is 10.9 Å². The molecule has 0 aliphatic carbocycles. The lowest BCUT2D eigenvalue weighted by atomic mass is 10.6. The maximum absolute atomic E-state index is 9.90. The molecule has 1 rings (SSSR count). The molecule has 0 saturated carbocycles. The molecule has 1 unspecified atom stereocenters. The molecule has 0 saturated heterocycles. The summed E-state index contributed by atoms with van der Waals surface area (Å²) in [6.07, 6.45) is 3.48. The van der Waals surface area contributed by atoms with Crippen molar-refractivity contribution in [3.63, 3.8) is 0 Å². The van der Waals surface area contributed by atoms with Crippen LogP contribution in [0, 0.1) is 11.2 Å². The zero-order valence-electron chi connectivity index (χ0n) is 5.00. The Hall–Kier alpha value is -0.680. The number of rotatable bonds is 3. The fraction of sp³-hybridized carbons (Fsp3) is 0.286. The van der Waals surface area contributed by atoms with Gasteiger partial charge in [0, 0.05) is 6.42 Å². The van der Waals surface area contributed by atoms with Crippen LogP contribution in [0.1, 0.15) is 6.42 Å². The van der Waals surface area contributed by atoms with Gasteiger partial charge >= 0.3 is 0 Å². The Morgan fingerprint density at radius 3 is 3.11 bits per heavy atom. The van der Waals surface area contributed by atoms with Crippen LogP contribution in [-0.2, 0) is 4.79 Å². The summed E-state index contributed by atoms with van der Waals surface area (Å²) in [6.45, 7) is 0. The summed E-state index contributed by atoms with van der Waals surface area (Å²) < 4.78 is 0. The van der Waals surface area contributed by atoms with Gasteiger partial charge in [-0.1, -0.05) is 5.92 Å². The number of carbonyl (C=O) groups is 1. The van der Waals surface area contributed by atoms with Gasteiger partial charge in [-0.15, -0.1) is 0 Å². The van der Waals surface area contributed by atoms with E-state index in [9.17, 15) is 4.79 Å². The van der Waals surface area contributed by atoms with Gasteiger partial charge in [-0.05, 0) is 22.5 Å². The fourth-order valence-corrected chi connectivity index (χ4v) is 1.82. The molecule has 1 atom stereocenters. The molecule has 0 aromatic heterocycles. The second kappa shape index (κ2) is 3.37. The molecule has 0 radical (unpaired) electrons. The Balaban J connectivity index is 2.24. The minimum atomic E-state index is -0.224. The third-order valence-corrected chi connectivity index (χ3v) is 2.70. The summed E-state index contributed by atoms with van der Waals surface area (Å²) in [4.78, 5) is 9.90. The zero-order valence-corrected chi connectivity index (χ0v) is 5.90. The molecule has 2 heteroatoms. The number of hydrogen-bond donors (Lipinski definition) is 1. The number of aldehydes is 1. The summed E-state index contributed by atoms with van der Waals surface area (Å²) in [6, 6.07) is 0. The van der Waals surface area contributed by atoms with Gasteiger partial charge in [-0.3, -0.25) is 0 Å². The topological polar surface area (TPSA) is 17.1 Å². The molecule has 1 aliphatic rings. The first-order valence-electron chi connectivity index (χ1n) is 2.81. The molecule has 48 valence electrons. The molecule has 1 aliphatic heterocycles. The molecular formula is C7H8OS. The number of thiol groups is 1. The molecule has 0 aromatic carbocycles. The van der Waals surface area contributed by atoms with Crippen LogP contribution < -0.4 is 0 Å². The van der Waals surface area contributed by atoms with Crippen LogP contribution in [0.5, 0.6) is 0 Å². The largest absolute Gasteiger partial charge is 0.303 e. The monoisotopic (exact) mass is 140 g/mol. The second-order valence-corrected chi connectivity index (χ2v) is 3.63. The summed E-state index contributed by atoms with van der Waals surface area (Å²) in [5.41, 5.74) is 0. The van der Waals surface area contributed by atoms with Crippen molar-refractivity contribution >= 4 is 17.2 Å². The summed E-state index contributed by atoms with van der Waals surface area (Å²) in [5.74, 6) is 3.81. The quantitative estimate of drug-likeness (QED) is 0.352. The number of hydrogen-bond acceptors (Lipinski definition) is 1. The molecule has 0 fully saturated rings. The van der Waals surface area contributed by atoms with E-state index >= 15 is 0 Å². The van der Waals surface area contributed by atoms with E-state index in [1.54, 1.807) is 0 Å². The van der Waals surface area contributed by atoms with E-state index in [1.807, 2.05) is 6.08 Å². The summed E-state index contributed by atoms with van der Waals surface area (Å²) >= 11 is 0. The van der Waals surface area contributed by atoms with Gasteiger partial charge < -0.3 is 4.79 Å². The Bertz CT molecular complexity index is 185. The SMILES string of the molecule is O=CCC[SH]1C#CC=C1. The Kier molecular flexibility index (Phi) is 2.41. The minimum Gasteiger partial charge on any atom is -0.303 e. The van der Waals surface area contributed by atoms with Gasteiger partial charge in [0.2, 0.25) is 0 Å². The molecule has 0 amide bonds. The molecular weight excluding hydrogens is 132 g/mol. The molecule has 9 heavy (non-hydrogen) atoms. The maximum atomic E-state index is 9.90. The predicted octanol–water partition coefficient (Wildman–Crippen LogP) is 1.06. The highest BCUT2D eigenvalue weighted by Crippen LogP contribution is 2.27. The number of carbonyl (C=O) groups excluding carboxylic acids is 1. The van der Waals surface area contributed by atoms with Crippen molar-refractivity contribution in [2.24, 2.45) is 0 Å². The average molecular weight is 140 g/mol. The molecule has 0 bridgehead atoms. The summed E-state index contributed by atoms with van der Waals surface area (Å²) in [7, 11) is -0.224.